The van der Waals surface area contributed by atoms with E-state index >= 15 is 0 Å². The molecule has 128 valence electrons. The van der Waals surface area contributed by atoms with Gasteiger partial charge in [0.1, 0.15) is 0 Å². The summed E-state index contributed by atoms with van der Waals surface area (Å²) in [5.74, 6) is 0.505. The van der Waals surface area contributed by atoms with Crippen LogP contribution in [0.15, 0.2) is 5.03 Å². The van der Waals surface area contributed by atoms with Gasteiger partial charge in [0.15, 0.2) is 5.03 Å². The molecule has 2 atom stereocenters. The highest BCUT2D eigenvalue weighted by Gasteiger charge is 2.50. The molecule has 6 nitrogen and oxygen atoms in total. The lowest BCUT2D eigenvalue weighted by molar-refractivity contribution is 0.0629. The molecule has 2 fully saturated rings. The summed E-state index contributed by atoms with van der Waals surface area (Å²) in [6.07, 6.45) is 6.82. The maximum atomic E-state index is 13.1. The molecule has 1 N–H and O–H groups in total. The van der Waals surface area contributed by atoms with E-state index in [0.29, 0.717) is 17.6 Å². The number of ether oxygens (including phenoxy) is 1. The SMILES string of the molecule is Cn1nc2c(c1S(=O)(=O)NC1(C)CCOC1C1CC1)CCCC2. The van der Waals surface area contributed by atoms with E-state index in [-0.39, 0.29) is 6.10 Å². The molecule has 1 aromatic heterocycles. The molecule has 0 amide bonds. The zero-order valence-corrected chi connectivity index (χ0v) is 14.7. The Balaban J connectivity index is 1.67. The van der Waals surface area contributed by atoms with Crippen molar-refractivity contribution in [3.63, 3.8) is 0 Å². The fourth-order valence-electron chi connectivity index (χ4n) is 4.23. The summed E-state index contributed by atoms with van der Waals surface area (Å²) in [4.78, 5) is 0. The van der Waals surface area contributed by atoms with Crippen molar-refractivity contribution in [2.45, 2.75) is 68.5 Å². The standard InChI is InChI=1S/C16H25N3O3S/c1-16(9-10-22-14(16)11-7-8-11)18-23(20,21)15-12-5-3-4-6-13(12)17-19(15)2/h11,14,18H,3-10H2,1-2H3. The molecule has 2 heterocycles. The van der Waals surface area contributed by atoms with E-state index in [4.69, 9.17) is 4.74 Å². The van der Waals surface area contributed by atoms with Crippen molar-refractivity contribution >= 4 is 10.0 Å². The van der Waals surface area contributed by atoms with Gasteiger partial charge in [0.25, 0.3) is 10.0 Å². The lowest BCUT2D eigenvalue weighted by Crippen LogP contribution is -2.52. The zero-order chi connectivity index (χ0) is 16.2. The Labute approximate surface area is 137 Å². The second kappa shape index (κ2) is 5.29. The Bertz CT molecular complexity index is 723. The first kappa shape index (κ1) is 15.6. The monoisotopic (exact) mass is 339 g/mol. The summed E-state index contributed by atoms with van der Waals surface area (Å²) in [5, 5.41) is 4.80. The Kier molecular flexibility index (Phi) is 3.59. The van der Waals surface area contributed by atoms with Gasteiger partial charge in [-0.1, -0.05) is 0 Å². The quantitative estimate of drug-likeness (QED) is 0.903. The van der Waals surface area contributed by atoms with E-state index in [0.717, 1.165) is 56.2 Å². The average molecular weight is 339 g/mol. The van der Waals surface area contributed by atoms with Crippen LogP contribution in [0.5, 0.6) is 0 Å². The van der Waals surface area contributed by atoms with Crippen LogP contribution in [0.25, 0.3) is 0 Å². The molecule has 1 saturated carbocycles. The largest absolute Gasteiger partial charge is 0.376 e. The Morgan fingerprint density at radius 2 is 2.04 bits per heavy atom. The van der Waals surface area contributed by atoms with Gasteiger partial charge >= 0.3 is 0 Å². The first-order chi connectivity index (χ1) is 10.9. The van der Waals surface area contributed by atoms with Gasteiger partial charge < -0.3 is 4.74 Å². The van der Waals surface area contributed by atoms with Crippen LogP contribution in [0.2, 0.25) is 0 Å². The minimum absolute atomic E-state index is 0.00123. The topological polar surface area (TPSA) is 73.2 Å². The van der Waals surface area contributed by atoms with Gasteiger partial charge in [0.05, 0.1) is 17.3 Å². The van der Waals surface area contributed by atoms with Gasteiger partial charge in [-0.15, -0.1) is 0 Å². The molecule has 23 heavy (non-hydrogen) atoms. The predicted octanol–water partition coefficient (Wildman–Crippen LogP) is 1.53. The molecule has 7 heteroatoms. The highest BCUT2D eigenvalue weighted by atomic mass is 32.2. The lowest BCUT2D eigenvalue weighted by atomic mass is 9.92. The van der Waals surface area contributed by atoms with E-state index in [1.54, 1.807) is 11.7 Å². The van der Waals surface area contributed by atoms with Crippen molar-refractivity contribution < 1.29 is 13.2 Å². The Morgan fingerprint density at radius 3 is 2.78 bits per heavy atom. The van der Waals surface area contributed by atoms with E-state index in [1.165, 1.54) is 0 Å². The smallest absolute Gasteiger partial charge is 0.258 e. The number of aromatic nitrogens is 2. The zero-order valence-electron chi connectivity index (χ0n) is 13.8. The molecular formula is C16H25N3O3S. The number of rotatable bonds is 4. The van der Waals surface area contributed by atoms with Crippen molar-refractivity contribution in [1.82, 2.24) is 14.5 Å². The van der Waals surface area contributed by atoms with Gasteiger partial charge in [-0.05, 0) is 57.8 Å². The minimum atomic E-state index is -3.60. The average Bonchev–Trinajstić information content (AvgIpc) is 3.14. The van der Waals surface area contributed by atoms with Gasteiger partial charge in [-0.25, -0.2) is 13.1 Å². The minimum Gasteiger partial charge on any atom is -0.376 e. The normalized spacial score (nSPS) is 31.3. The third kappa shape index (κ3) is 2.62. The summed E-state index contributed by atoms with van der Waals surface area (Å²) in [7, 11) is -1.86. The second-order valence-electron chi connectivity index (χ2n) is 7.46. The van der Waals surface area contributed by atoms with Crippen molar-refractivity contribution in [3.8, 4) is 0 Å². The van der Waals surface area contributed by atoms with Gasteiger partial charge in [0, 0.05) is 19.2 Å². The van der Waals surface area contributed by atoms with Crippen LogP contribution >= 0.6 is 0 Å². The van der Waals surface area contributed by atoms with E-state index in [9.17, 15) is 8.42 Å². The van der Waals surface area contributed by atoms with E-state index in [1.807, 2.05) is 6.92 Å². The number of aryl methyl sites for hydroxylation is 2. The molecule has 1 aliphatic heterocycles. The van der Waals surface area contributed by atoms with Crippen LogP contribution in [0.4, 0.5) is 0 Å². The molecule has 1 saturated heterocycles. The number of nitrogens with one attached hydrogen (secondary N) is 1. The highest BCUT2D eigenvalue weighted by molar-refractivity contribution is 7.89. The Hall–Kier alpha value is -0.920. The van der Waals surface area contributed by atoms with E-state index in [2.05, 4.69) is 9.82 Å². The lowest BCUT2D eigenvalue weighted by Gasteiger charge is -2.31. The molecule has 2 unspecified atom stereocenters. The van der Waals surface area contributed by atoms with Gasteiger partial charge in [0.2, 0.25) is 0 Å². The molecule has 3 aliphatic rings. The first-order valence-corrected chi connectivity index (χ1v) is 10.1. The molecular weight excluding hydrogens is 314 g/mol. The van der Waals surface area contributed by atoms with Crippen molar-refractivity contribution in [3.05, 3.63) is 11.3 Å². The molecule has 0 spiro atoms. The summed E-state index contributed by atoms with van der Waals surface area (Å²) >= 11 is 0. The number of hydrogen-bond acceptors (Lipinski definition) is 4. The summed E-state index contributed by atoms with van der Waals surface area (Å²) < 4.78 is 36.6. The number of sulfonamides is 1. The van der Waals surface area contributed by atoms with Crippen LogP contribution in [0.1, 0.15) is 50.3 Å². The number of fused-ring (bicyclic) bond motifs is 1. The first-order valence-electron chi connectivity index (χ1n) is 8.61. The van der Waals surface area contributed by atoms with Crippen LogP contribution in [0, 0.1) is 5.92 Å². The highest BCUT2D eigenvalue weighted by Crippen LogP contribution is 2.44. The predicted molar refractivity (Wildman–Crippen MR) is 85.7 cm³/mol. The summed E-state index contributed by atoms with van der Waals surface area (Å²) in [5.41, 5.74) is 1.36. The second-order valence-corrected chi connectivity index (χ2v) is 9.06. The van der Waals surface area contributed by atoms with Crippen LogP contribution in [0.3, 0.4) is 0 Å². The Morgan fingerprint density at radius 1 is 1.30 bits per heavy atom. The maximum absolute atomic E-state index is 13.1. The molecule has 2 aliphatic carbocycles. The van der Waals surface area contributed by atoms with Crippen molar-refractivity contribution in [1.29, 1.82) is 0 Å². The van der Waals surface area contributed by atoms with E-state index < -0.39 is 15.6 Å². The number of nitrogens with zero attached hydrogens (tertiary/aromatic N) is 2. The van der Waals surface area contributed by atoms with Crippen LogP contribution in [-0.4, -0.2) is 36.4 Å². The van der Waals surface area contributed by atoms with Gasteiger partial charge in [-0.2, -0.15) is 5.10 Å². The molecule has 0 bridgehead atoms. The van der Waals surface area contributed by atoms with Crippen molar-refractivity contribution in [2.75, 3.05) is 6.61 Å². The van der Waals surface area contributed by atoms with Crippen molar-refractivity contribution in [2.24, 2.45) is 13.0 Å². The molecule has 0 aromatic carbocycles. The van der Waals surface area contributed by atoms with Crippen LogP contribution < -0.4 is 4.72 Å². The fraction of sp³-hybridized carbons (Fsp3) is 0.812. The molecule has 1 aromatic rings. The third-order valence-electron chi connectivity index (χ3n) is 5.48. The maximum Gasteiger partial charge on any atom is 0.258 e. The summed E-state index contributed by atoms with van der Waals surface area (Å²) in [6.45, 7) is 2.62. The van der Waals surface area contributed by atoms with Gasteiger partial charge in [-0.3, -0.25) is 4.68 Å². The summed E-state index contributed by atoms with van der Waals surface area (Å²) in [6, 6.07) is 0. The number of hydrogen-bond donors (Lipinski definition) is 1. The molecule has 0 radical (unpaired) electrons. The fourth-order valence-corrected chi connectivity index (χ4v) is 6.09. The third-order valence-corrected chi connectivity index (χ3v) is 7.24. The molecule has 4 rings (SSSR count). The van der Waals surface area contributed by atoms with Crippen LogP contribution in [-0.2, 0) is 34.6 Å².